The zero-order valence-corrected chi connectivity index (χ0v) is 15.5. The Morgan fingerprint density at radius 3 is 2.67 bits per heavy atom. The Kier molecular flexibility index (Phi) is 5.90. The van der Waals surface area contributed by atoms with Crippen molar-refractivity contribution in [2.45, 2.75) is 44.8 Å². The van der Waals surface area contributed by atoms with Crippen molar-refractivity contribution in [3.05, 3.63) is 28.2 Å². The lowest BCUT2D eigenvalue weighted by atomic mass is 10.0. The minimum Gasteiger partial charge on any atom is -0.479 e. The van der Waals surface area contributed by atoms with Crippen LogP contribution in [0.2, 0.25) is 10.0 Å². The van der Waals surface area contributed by atoms with E-state index in [0.29, 0.717) is 21.8 Å². The van der Waals surface area contributed by atoms with Crippen molar-refractivity contribution in [1.29, 1.82) is 0 Å². The van der Waals surface area contributed by atoms with Crippen LogP contribution in [0.15, 0.2) is 18.2 Å². The van der Waals surface area contributed by atoms with E-state index in [2.05, 4.69) is 4.90 Å². The molecule has 0 saturated carbocycles. The van der Waals surface area contributed by atoms with Gasteiger partial charge in [-0.15, -0.1) is 0 Å². The Hall–Kier alpha value is -0.970. The van der Waals surface area contributed by atoms with E-state index in [-0.39, 0.29) is 5.91 Å². The van der Waals surface area contributed by atoms with Gasteiger partial charge in [-0.1, -0.05) is 23.2 Å². The second kappa shape index (κ2) is 7.94. The van der Waals surface area contributed by atoms with Crippen molar-refractivity contribution in [2.75, 3.05) is 26.2 Å². The van der Waals surface area contributed by atoms with Crippen molar-refractivity contribution in [3.63, 3.8) is 0 Å². The first-order valence-corrected chi connectivity index (χ1v) is 9.45. The molecule has 132 valence electrons. The molecule has 0 bridgehead atoms. The highest BCUT2D eigenvalue weighted by Gasteiger charge is 2.31. The number of benzene rings is 1. The average Bonchev–Trinajstić information content (AvgIpc) is 3.11. The maximum Gasteiger partial charge on any atom is 0.263 e. The SMILES string of the molecule is CC(Oc1ccc(Cl)cc1Cl)C(=O)N1CCCC(N2CCCC2)C1. The Balaban J connectivity index is 1.60. The molecule has 2 aliphatic heterocycles. The summed E-state index contributed by atoms with van der Waals surface area (Å²) in [5.74, 6) is 0.528. The molecule has 0 aliphatic carbocycles. The van der Waals surface area contributed by atoms with Gasteiger partial charge in [0.25, 0.3) is 5.91 Å². The van der Waals surface area contributed by atoms with Crippen LogP contribution in [0.1, 0.15) is 32.6 Å². The number of carbonyl (C=O) groups is 1. The lowest BCUT2D eigenvalue weighted by molar-refractivity contribution is -0.140. The largest absolute Gasteiger partial charge is 0.479 e. The lowest BCUT2D eigenvalue weighted by Gasteiger charge is -2.38. The van der Waals surface area contributed by atoms with Gasteiger partial charge in [0.15, 0.2) is 6.10 Å². The molecule has 4 nitrogen and oxygen atoms in total. The summed E-state index contributed by atoms with van der Waals surface area (Å²) in [5, 5.41) is 0.978. The van der Waals surface area contributed by atoms with E-state index >= 15 is 0 Å². The zero-order chi connectivity index (χ0) is 17.1. The van der Waals surface area contributed by atoms with Crippen LogP contribution in [0.5, 0.6) is 5.75 Å². The molecule has 24 heavy (non-hydrogen) atoms. The molecule has 3 rings (SSSR count). The molecule has 0 aromatic heterocycles. The van der Waals surface area contributed by atoms with Crippen molar-refractivity contribution in [1.82, 2.24) is 9.80 Å². The maximum absolute atomic E-state index is 12.8. The fraction of sp³-hybridized carbons (Fsp3) is 0.611. The number of likely N-dealkylation sites (tertiary alicyclic amines) is 2. The highest BCUT2D eigenvalue weighted by molar-refractivity contribution is 6.35. The third-order valence-corrected chi connectivity index (χ3v) is 5.44. The van der Waals surface area contributed by atoms with Crippen LogP contribution in [-0.4, -0.2) is 54.0 Å². The molecule has 1 aromatic carbocycles. The van der Waals surface area contributed by atoms with Gasteiger partial charge in [0.1, 0.15) is 5.75 Å². The Morgan fingerprint density at radius 1 is 1.21 bits per heavy atom. The van der Waals surface area contributed by atoms with E-state index in [0.717, 1.165) is 19.5 Å². The van der Waals surface area contributed by atoms with Gasteiger partial charge in [-0.25, -0.2) is 0 Å². The van der Waals surface area contributed by atoms with E-state index in [4.69, 9.17) is 27.9 Å². The molecular formula is C18H24Cl2N2O2. The zero-order valence-electron chi connectivity index (χ0n) is 14.0. The lowest BCUT2D eigenvalue weighted by Crippen LogP contribution is -2.51. The number of hydrogen-bond acceptors (Lipinski definition) is 3. The highest BCUT2D eigenvalue weighted by Crippen LogP contribution is 2.29. The van der Waals surface area contributed by atoms with Gasteiger partial charge in [-0.2, -0.15) is 0 Å². The number of ether oxygens (including phenoxy) is 1. The predicted octanol–water partition coefficient (Wildman–Crippen LogP) is 3.85. The van der Waals surface area contributed by atoms with E-state index < -0.39 is 6.10 Å². The summed E-state index contributed by atoms with van der Waals surface area (Å²) < 4.78 is 5.78. The van der Waals surface area contributed by atoms with E-state index in [1.165, 1.54) is 32.4 Å². The Labute approximate surface area is 153 Å². The number of halogens is 2. The first-order chi connectivity index (χ1) is 11.5. The minimum atomic E-state index is -0.555. The van der Waals surface area contributed by atoms with Crippen molar-refractivity contribution < 1.29 is 9.53 Å². The van der Waals surface area contributed by atoms with Crippen molar-refractivity contribution >= 4 is 29.1 Å². The molecular weight excluding hydrogens is 347 g/mol. The second-order valence-corrected chi connectivity index (χ2v) is 7.50. The third kappa shape index (κ3) is 4.16. The number of carbonyl (C=O) groups excluding carboxylic acids is 1. The minimum absolute atomic E-state index is 0.0323. The highest BCUT2D eigenvalue weighted by atomic mass is 35.5. The normalized spacial score (nSPS) is 23.3. The number of nitrogens with zero attached hydrogens (tertiary/aromatic N) is 2. The van der Waals surface area contributed by atoms with Gasteiger partial charge in [-0.05, 0) is 63.9 Å². The monoisotopic (exact) mass is 370 g/mol. The number of hydrogen-bond donors (Lipinski definition) is 0. The summed E-state index contributed by atoms with van der Waals surface area (Å²) in [6, 6.07) is 5.54. The molecule has 6 heteroatoms. The number of amides is 1. The molecule has 0 N–H and O–H groups in total. The summed E-state index contributed by atoms with van der Waals surface area (Å²) >= 11 is 12.0. The first kappa shape index (κ1) is 17.8. The quantitative estimate of drug-likeness (QED) is 0.806. The Bertz CT molecular complexity index is 590. The van der Waals surface area contributed by atoms with Crippen LogP contribution in [-0.2, 0) is 4.79 Å². The van der Waals surface area contributed by atoms with Gasteiger partial charge < -0.3 is 9.64 Å². The van der Waals surface area contributed by atoms with E-state index in [1.54, 1.807) is 25.1 Å². The fourth-order valence-electron chi connectivity index (χ4n) is 3.63. The molecule has 1 aromatic rings. The van der Waals surface area contributed by atoms with Crippen LogP contribution < -0.4 is 4.74 Å². The molecule has 2 saturated heterocycles. The molecule has 0 radical (unpaired) electrons. The second-order valence-electron chi connectivity index (χ2n) is 6.66. The number of rotatable bonds is 4. The summed E-state index contributed by atoms with van der Waals surface area (Å²) in [4.78, 5) is 17.2. The fourth-order valence-corrected chi connectivity index (χ4v) is 4.08. The van der Waals surface area contributed by atoms with Gasteiger partial charge in [0.05, 0.1) is 5.02 Å². The molecule has 2 unspecified atom stereocenters. The topological polar surface area (TPSA) is 32.8 Å². The summed E-state index contributed by atoms with van der Waals surface area (Å²) in [6.45, 7) is 5.73. The van der Waals surface area contributed by atoms with Crippen LogP contribution in [0.25, 0.3) is 0 Å². The molecule has 2 heterocycles. The van der Waals surface area contributed by atoms with E-state index in [1.807, 2.05) is 4.90 Å². The van der Waals surface area contributed by atoms with Crippen LogP contribution in [0.4, 0.5) is 0 Å². The molecule has 2 fully saturated rings. The van der Waals surface area contributed by atoms with Gasteiger partial charge in [0.2, 0.25) is 0 Å². The van der Waals surface area contributed by atoms with Crippen LogP contribution in [0.3, 0.4) is 0 Å². The molecule has 2 aliphatic rings. The molecule has 0 spiro atoms. The van der Waals surface area contributed by atoms with Crippen molar-refractivity contribution in [2.24, 2.45) is 0 Å². The Morgan fingerprint density at radius 2 is 1.96 bits per heavy atom. The van der Waals surface area contributed by atoms with Gasteiger partial charge in [-0.3, -0.25) is 9.69 Å². The average molecular weight is 371 g/mol. The smallest absolute Gasteiger partial charge is 0.263 e. The van der Waals surface area contributed by atoms with Crippen LogP contribution >= 0.6 is 23.2 Å². The predicted molar refractivity (Wildman–Crippen MR) is 97.0 cm³/mol. The van der Waals surface area contributed by atoms with Gasteiger partial charge in [0, 0.05) is 24.2 Å². The third-order valence-electron chi connectivity index (χ3n) is 4.91. The molecule has 1 amide bonds. The summed E-state index contributed by atoms with van der Waals surface area (Å²) in [7, 11) is 0. The van der Waals surface area contributed by atoms with Crippen LogP contribution in [0, 0.1) is 0 Å². The van der Waals surface area contributed by atoms with E-state index in [9.17, 15) is 4.79 Å². The first-order valence-electron chi connectivity index (χ1n) is 8.69. The standard InChI is InChI=1S/C18H24Cl2N2O2/c1-13(24-17-7-6-14(19)11-16(17)20)18(23)22-10-4-5-15(12-22)21-8-2-3-9-21/h6-7,11,13,15H,2-5,8-10,12H2,1H3. The number of piperidine rings is 1. The summed E-state index contributed by atoms with van der Waals surface area (Å²) in [5.41, 5.74) is 0. The summed E-state index contributed by atoms with van der Waals surface area (Å²) in [6.07, 6.45) is 4.24. The van der Waals surface area contributed by atoms with Crippen molar-refractivity contribution in [3.8, 4) is 5.75 Å². The maximum atomic E-state index is 12.8. The van der Waals surface area contributed by atoms with Gasteiger partial charge >= 0.3 is 0 Å². The molecule has 2 atom stereocenters.